The van der Waals surface area contributed by atoms with Gasteiger partial charge in [0, 0.05) is 18.3 Å². The predicted molar refractivity (Wildman–Crippen MR) is 102 cm³/mol. The summed E-state index contributed by atoms with van der Waals surface area (Å²) in [5.74, 6) is 2.55. The average Bonchev–Trinajstić information content (AvgIpc) is 3.04. The van der Waals surface area contributed by atoms with E-state index < -0.39 is 0 Å². The maximum Gasteiger partial charge on any atom is 0.273 e. The molecule has 0 saturated heterocycles. The number of hydrogen-bond donors (Lipinski definition) is 2. The highest BCUT2D eigenvalue weighted by atomic mass is 16.5. The molecule has 3 heterocycles. The molecule has 0 spiro atoms. The van der Waals surface area contributed by atoms with Crippen LogP contribution in [0.15, 0.2) is 59.7 Å². The Morgan fingerprint density at radius 3 is 2.52 bits per heavy atom. The zero-order valence-corrected chi connectivity index (χ0v) is 14.8. The molecule has 8 nitrogen and oxygen atoms in total. The molecule has 0 aliphatic carbocycles. The third-order valence-corrected chi connectivity index (χ3v) is 4.12. The lowest BCUT2D eigenvalue weighted by molar-refractivity contribution is 0.413. The van der Waals surface area contributed by atoms with Gasteiger partial charge in [-0.05, 0) is 24.3 Å². The predicted octanol–water partition coefficient (Wildman–Crippen LogP) is 2.87. The standard InChI is InChI=1S/C19H17N5O3/c1-26-13-5-3-4-12(8-13)24-16-9-18(21-11-15(16)19(25)23-24)22-17-7-6-14(27-2)10-20-17/h3-11H,1-2H3,(H,23,25)(H,20,21,22). The number of aromatic nitrogens is 4. The molecule has 4 aromatic rings. The molecule has 0 radical (unpaired) electrons. The van der Waals surface area contributed by atoms with E-state index >= 15 is 0 Å². The van der Waals surface area contributed by atoms with Crippen LogP contribution in [0.4, 0.5) is 11.6 Å². The lowest BCUT2D eigenvalue weighted by Crippen LogP contribution is -2.03. The Morgan fingerprint density at radius 1 is 0.963 bits per heavy atom. The number of rotatable bonds is 5. The first kappa shape index (κ1) is 16.6. The number of nitrogens with one attached hydrogen (secondary N) is 2. The second-order valence-corrected chi connectivity index (χ2v) is 5.77. The third kappa shape index (κ3) is 3.20. The summed E-state index contributed by atoms with van der Waals surface area (Å²) in [7, 11) is 3.19. The van der Waals surface area contributed by atoms with Crippen LogP contribution >= 0.6 is 0 Å². The Balaban J connectivity index is 1.75. The van der Waals surface area contributed by atoms with E-state index in [0.29, 0.717) is 34.0 Å². The lowest BCUT2D eigenvalue weighted by Gasteiger charge is -2.08. The molecular weight excluding hydrogens is 346 g/mol. The van der Waals surface area contributed by atoms with Crippen molar-refractivity contribution in [3.8, 4) is 17.2 Å². The molecule has 136 valence electrons. The summed E-state index contributed by atoms with van der Waals surface area (Å²) >= 11 is 0. The van der Waals surface area contributed by atoms with Gasteiger partial charge in [-0.1, -0.05) is 6.07 Å². The first-order valence-electron chi connectivity index (χ1n) is 8.20. The van der Waals surface area contributed by atoms with Crippen LogP contribution in [0.5, 0.6) is 11.5 Å². The molecule has 8 heteroatoms. The first-order valence-corrected chi connectivity index (χ1v) is 8.20. The Morgan fingerprint density at radius 2 is 1.78 bits per heavy atom. The van der Waals surface area contributed by atoms with Gasteiger partial charge in [-0.25, -0.2) is 9.97 Å². The van der Waals surface area contributed by atoms with E-state index in [4.69, 9.17) is 9.47 Å². The average molecular weight is 363 g/mol. The van der Waals surface area contributed by atoms with E-state index in [1.807, 2.05) is 24.3 Å². The molecule has 0 bridgehead atoms. The van der Waals surface area contributed by atoms with Crippen LogP contribution in [0.3, 0.4) is 0 Å². The van der Waals surface area contributed by atoms with E-state index in [2.05, 4.69) is 20.4 Å². The van der Waals surface area contributed by atoms with Crippen LogP contribution < -0.4 is 20.3 Å². The molecule has 0 aliphatic rings. The fourth-order valence-corrected chi connectivity index (χ4v) is 2.75. The third-order valence-electron chi connectivity index (χ3n) is 4.12. The number of aromatic amines is 1. The van der Waals surface area contributed by atoms with Gasteiger partial charge in [0.25, 0.3) is 5.56 Å². The number of H-pyrrole nitrogens is 1. The highest BCUT2D eigenvalue weighted by molar-refractivity contribution is 5.82. The molecule has 0 atom stereocenters. The smallest absolute Gasteiger partial charge is 0.273 e. The fraction of sp³-hybridized carbons (Fsp3) is 0.105. The number of nitrogens with zero attached hydrogens (tertiary/aromatic N) is 3. The molecule has 0 amide bonds. The van der Waals surface area contributed by atoms with Crippen molar-refractivity contribution in [2.24, 2.45) is 0 Å². The summed E-state index contributed by atoms with van der Waals surface area (Å²) in [6, 6.07) is 12.8. The van der Waals surface area contributed by atoms with Gasteiger partial charge < -0.3 is 14.8 Å². The number of benzene rings is 1. The molecule has 0 aliphatic heterocycles. The van der Waals surface area contributed by atoms with Gasteiger partial charge in [0.1, 0.15) is 23.1 Å². The summed E-state index contributed by atoms with van der Waals surface area (Å²) < 4.78 is 12.1. The van der Waals surface area contributed by atoms with E-state index in [1.54, 1.807) is 43.3 Å². The maximum absolute atomic E-state index is 12.3. The molecule has 1 aromatic carbocycles. The fourth-order valence-electron chi connectivity index (χ4n) is 2.75. The van der Waals surface area contributed by atoms with E-state index in [9.17, 15) is 4.79 Å². The molecule has 27 heavy (non-hydrogen) atoms. The van der Waals surface area contributed by atoms with Crippen molar-refractivity contribution >= 4 is 22.5 Å². The molecule has 0 fully saturated rings. The highest BCUT2D eigenvalue weighted by Crippen LogP contribution is 2.22. The van der Waals surface area contributed by atoms with Crippen LogP contribution in [-0.4, -0.2) is 34.0 Å². The molecule has 4 rings (SSSR count). The summed E-state index contributed by atoms with van der Waals surface area (Å²) in [5.41, 5.74) is 1.26. The zero-order chi connectivity index (χ0) is 18.8. The number of anilines is 2. The number of pyridine rings is 2. The van der Waals surface area contributed by atoms with Gasteiger partial charge in [0.05, 0.1) is 37.0 Å². The Bertz CT molecular complexity index is 1150. The Kier molecular flexibility index (Phi) is 4.21. The van der Waals surface area contributed by atoms with Gasteiger partial charge in [-0.2, -0.15) is 0 Å². The Hall–Kier alpha value is -3.81. The first-order chi connectivity index (χ1) is 13.2. The number of methoxy groups -OCH3 is 2. The van der Waals surface area contributed by atoms with Crippen molar-refractivity contribution in [2.45, 2.75) is 0 Å². The minimum absolute atomic E-state index is 0.213. The molecule has 2 N–H and O–H groups in total. The quantitative estimate of drug-likeness (QED) is 0.566. The van der Waals surface area contributed by atoms with Crippen LogP contribution in [0.25, 0.3) is 16.6 Å². The molecule has 0 saturated carbocycles. The summed E-state index contributed by atoms with van der Waals surface area (Å²) in [4.78, 5) is 20.8. The van der Waals surface area contributed by atoms with Gasteiger partial charge in [-0.15, -0.1) is 0 Å². The van der Waals surface area contributed by atoms with Crippen LogP contribution in [0, 0.1) is 0 Å². The second-order valence-electron chi connectivity index (χ2n) is 5.77. The minimum atomic E-state index is -0.213. The van der Waals surface area contributed by atoms with Gasteiger partial charge in [-0.3, -0.25) is 14.6 Å². The highest BCUT2D eigenvalue weighted by Gasteiger charge is 2.11. The topological polar surface area (TPSA) is 94.1 Å². The number of ether oxygens (including phenoxy) is 2. The van der Waals surface area contributed by atoms with E-state index in [-0.39, 0.29) is 5.56 Å². The molecular formula is C19H17N5O3. The van der Waals surface area contributed by atoms with Crippen molar-refractivity contribution in [3.63, 3.8) is 0 Å². The summed E-state index contributed by atoms with van der Waals surface area (Å²) in [5, 5.41) is 6.45. The van der Waals surface area contributed by atoms with Crippen LogP contribution in [0.1, 0.15) is 0 Å². The SMILES string of the molecule is COc1ccc(Nc2cc3c(cn2)c(=O)[nH]n3-c2cccc(OC)c2)nc1. The number of fused-ring (bicyclic) bond motifs is 1. The van der Waals surface area contributed by atoms with Crippen LogP contribution in [0.2, 0.25) is 0 Å². The lowest BCUT2D eigenvalue weighted by atomic mass is 10.2. The largest absolute Gasteiger partial charge is 0.497 e. The van der Waals surface area contributed by atoms with Crippen molar-refractivity contribution in [1.82, 2.24) is 19.7 Å². The molecule has 3 aromatic heterocycles. The summed E-state index contributed by atoms with van der Waals surface area (Å²) in [6.07, 6.45) is 3.15. The second kappa shape index (κ2) is 6.83. The van der Waals surface area contributed by atoms with E-state index in [0.717, 1.165) is 5.69 Å². The normalized spacial score (nSPS) is 10.7. The van der Waals surface area contributed by atoms with Gasteiger partial charge in [0.15, 0.2) is 0 Å². The van der Waals surface area contributed by atoms with Crippen molar-refractivity contribution in [1.29, 1.82) is 0 Å². The van der Waals surface area contributed by atoms with Crippen molar-refractivity contribution in [3.05, 3.63) is 65.2 Å². The number of hydrogen-bond acceptors (Lipinski definition) is 6. The minimum Gasteiger partial charge on any atom is -0.497 e. The van der Waals surface area contributed by atoms with Gasteiger partial charge in [0.2, 0.25) is 0 Å². The monoisotopic (exact) mass is 363 g/mol. The van der Waals surface area contributed by atoms with Gasteiger partial charge >= 0.3 is 0 Å². The van der Waals surface area contributed by atoms with Crippen molar-refractivity contribution < 1.29 is 9.47 Å². The zero-order valence-electron chi connectivity index (χ0n) is 14.8. The van der Waals surface area contributed by atoms with Crippen molar-refractivity contribution in [2.75, 3.05) is 19.5 Å². The van der Waals surface area contributed by atoms with E-state index in [1.165, 1.54) is 6.20 Å². The summed E-state index contributed by atoms with van der Waals surface area (Å²) in [6.45, 7) is 0. The van der Waals surface area contributed by atoms with Crippen LogP contribution in [-0.2, 0) is 0 Å². The molecule has 0 unspecified atom stereocenters. The Labute approximate surface area is 154 Å². The maximum atomic E-state index is 12.3.